The molecule has 0 bridgehead atoms. The van der Waals surface area contributed by atoms with Crippen LogP contribution in [0.1, 0.15) is 23.6 Å². The maximum Gasteiger partial charge on any atom is 0.295 e. The Kier molecular flexibility index (Phi) is 6.45. The van der Waals surface area contributed by atoms with Gasteiger partial charge in [-0.3, -0.25) is 19.7 Å². The molecule has 1 heterocycles. The van der Waals surface area contributed by atoms with E-state index in [9.17, 15) is 29.2 Å². The largest absolute Gasteiger partial charge is 0.507 e. The Bertz CT molecular complexity index is 1030. The number of nitro benzene ring substituents is 1. The summed E-state index contributed by atoms with van der Waals surface area (Å²) in [5, 5.41) is 21.8. The highest BCUT2D eigenvalue weighted by atomic mass is 19.1. The summed E-state index contributed by atoms with van der Waals surface area (Å²) in [4.78, 5) is 39.4. The first-order valence-corrected chi connectivity index (χ1v) is 9.64. The molecule has 2 aromatic carbocycles. The van der Waals surface area contributed by atoms with Gasteiger partial charge in [-0.2, -0.15) is 0 Å². The zero-order chi connectivity index (χ0) is 22.7. The summed E-state index contributed by atoms with van der Waals surface area (Å²) in [6.07, 6.45) is 0.583. The normalized spacial score (nSPS) is 18.1. The van der Waals surface area contributed by atoms with E-state index < -0.39 is 34.2 Å². The number of nitrogens with zero attached hydrogens (tertiary/aromatic N) is 3. The molecule has 9 heteroatoms. The monoisotopic (exact) mass is 427 g/mol. The molecule has 1 saturated heterocycles. The lowest BCUT2D eigenvalue weighted by molar-refractivity contribution is -0.384. The number of halogens is 1. The molecule has 0 saturated carbocycles. The zero-order valence-corrected chi connectivity index (χ0v) is 17.1. The lowest BCUT2D eigenvalue weighted by atomic mass is 9.95. The van der Waals surface area contributed by atoms with E-state index in [1.807, 2.05) is 19.0 Å². The molecular formula is C22H22FN3O5. The van der Waals surface area contributed by atoms with Crippen LogP contribution in [0.2, 0.25) is 0 Å². The average molecular weight is 427 g/mol. The van der Waals surface area contributed by atoms with Gasteiger partial charge in [-0.15, -0.1) is 0 Å². The lowest BCUT2D eigenvalue weighted by Crippen LogP contribution is -2.32. The van der Waals surface area contributed by atoms with E-state index in [4.69, 9.17) is 0 Å². The molecule has 0 unspecified atom stereocenters. The number of amides is 1. The Balaban J connectivity index is 2.09. The van der Waals surface area contributed by atoms with Gasteiger partial charge >= 0.3 is 0 Å². The molecule has 1 aliphatic rings. The molecule has 0 aliphatic carbocycles. The number of hydrogen-bond acceptors (Lipinski definition) is 6. The first-order chi connectivity index (χ1) is 14.7. The minimum absolute atomic E-state index is 0.129. The second-order valence-electron chi connectivity index (χ2n) is 7.50. The highest BCUT2D eigenvalue weighted by Gasteiger charge is 2.45. The van der Waals surface area contributed by atoms with Crippen molar-refractivity contribution in [1.82, 2.24) is 9.80 Å². The van der Waals surface area contributed by atoms with Crippen LogP contribution < -0.4 is 0 Å². The molecule has 0 spiro atoms. The van der Waals surface area contributed by atoms with E-state index in [-0.39, 0.29) is 23.4 Å². The van der Waals surface area contributed by atoms with Gasteiger partial charge in [0.2, 0.25) is 0 Å². The van der Waals surface area contributed by atoms with Gasteiger partial charge in [-0.25, -0.2) is 4.39 Å². The van der Waals surface area contributed by atoms with Gasteiger partial charge in [-0.1, -0.05) is 0 Å². The fourth-order valence-corrected chi connectivity index (χ4v) is 3.56. The number of carbonyl (C=O) groups is 2. The minimum atomic E-state index is -0.909. The van der Waals surface area contributed by atoms with Crippen molar-refractivity contribution in [3.63, 3.8) is 0 Å². The van der Waals surface area contributed by atoms with Crippen molar-refractivity contribution < 1.29 is 24.0 Å². The number of hydrogen-bond donors (Lipinski definition) is 1. The smallest absolute Gasteiger partial charge is 0.295 e. The third-order valence-corrected chi connectivity index (χ3v) is 5.08. The van der Waals surface area contributed by atoms with Gasteiger partial charge < -0.3 is 14.9 Å². The predicted octanol–water partition coefficient (Wildman–Crippen LogP) is 3.11. The number of carbonyl (C=O) groups excluding carboxylic acids is 2. The Morgan fingerprint density at radius 1 is 1.13 bits per heavy atom. The number of nitro groups is 1. The molecule has 3 rings (SSSR count). The van der Waals surface area contributed by atoms with Gasteiger partial charge in [0.05, 0.1) is 16.5 Å². The van der Waals surface area contributed by atoms with Crippen LogP contribution in [0.4, 0.5) is 10.1 Å². The van der Waals surface area contributed by atoms with Crippen LogP contribution in [0.25, 0.3) is 5.76 Å². The van der Waals surface area contributed by atoms with Gasteiger partial charge in [0.1, 0.15) is 11.6 Å². The standard InChI is InChI=1S/C22H22FN3O5/c1-24(2)12-3-13-25-19(14-6-10-17(11-7-14)26(30)31)18(21(28)22(25)29)20(27)15-4-8-16(23)9-5-15/h4-11,19,27H,3,12-13H2,1-2H3/b20-18+/t19-/m1/s1. The van der Waals surface area contributed by atoms with E-state index in [0.29, 0.717) is 18.5 Å². The van der Waals surface area contributed by atoms with E-state index in [1.165, 1.54) is 41.3 Å². The van der Waals surface area contributed by atoms with Gasteiger partial charge in [0.15, 0.2) is 0 Å². The average Bonchev–Trinajstić information content (AvgIpc) is 2.98. The second kappa shape index (κ2) is 9.05. The van der Waals surface area contributed by atoms with Crippen LogP contribution in [-0.4, -0.2) is 58.7 Å². The minimum Gasteiger partial charge on any atom is -0.507 e. The third-order valence-electron chi connectivity index (χ3n) is 5.08. The van der Waals surface area contributed by atoms with Gasteiger partial charge in [-0.05, 0) is 69.0 Å². The molecule has 2 aromatic rings. The second-order valence-corrected chi connectivity index (χ2v) is 7.50. The number of Topliss-reactive ketones (excluding diaryl/α,β-unsaturated/α-hetero) is 1. The van der Waals surface area contributed by atoms with Crippen molar-refractivity contribution in [2.75, 3.05) is 27.2 Å². The summed E-state index contributed by atoms with van der Waals surface area (Å²) in [6, 6.07) is 9.51. The first-order valence-electron chi connectivity index (χ1n) is 9.64. The summed E-state index contributed by atoms with van der Waals surface area (Å²) in [7, 11) is 3.77. The topological polar surface area (TPSA) is 104 Å². The highest BCUT2D eigenvalue weighted by molar-refractivity contribution is 6.46. The molecule has 8 nitrogen and oxygen atoms in total. The summed E-state index contributed by atoms with van der Waals surface area (Å²) < 4.78 is 13.3. The van der Waals surface area contributed by atoms with Crippen molar-refractivity contribution in [3.05, 3.63) is 81.2 Å². The number of aliphatic hydroxyl groups excluding tert-OH is 1. The van der Waals surface area contributed by atoms with E-state index in [2.05, 4.69) is 0 Å². The molecule has 31 heavy (non-hydrogen) atoms. The quantitative estimate of drug-likeness (QED) is 0.239. The molecule has 0 aromatic heterocycles. The van der Waals surface area contributed by atoms with Crippen LogP contribution in [0, 0.1) is 15.9 Å². The number of benzene rings is 2. The maximum absolute atomic E-state index is 13.3. The van der Waals surface area contributed by atoms with Crippen molar-refractivity contribution in [2.24, 2.45) is 0 Å². The van der Waals surface area contributed by atoms with Crippen molar-refractivity contribution in [3.8, 4) is 0 Å². The van der Waals surface area contributed by atoms with Crippen LogP contribution in [0.5, 0.6) is 0 Å². The number of non-ortho nitro benzene ring substituents is 1. The fourth-order valence-electron chi connectivity index (χ4n) is 3.56. The van der Waals surface area contributed by atoms with Crippen LogP contribution in [-0.2, 0) is 9.59 Å². The summed E-state index contributed by atoms with van der Waals surface area (Å²) >= 11 is 0. The van der Waals surface area contributed by atoms with E-state index in [0.717, 1.165) is 12.1 Å². The molecule has 1 amide bonds. The number of rotatable bonds is 7. The van der Waals surface area contributed by atoms with E-state index in [1.54, 1.807) is 0 Å². The van der Waals surface area contributed by atoms with Crippen LogP contribution in [0.15, 0.2) is 54.1 Å². The number of aliphatic hydroxyl groups is 1. The van der Waals surface area contributed by atoms with Crippen molar-refractivity contribution >= 4 is 23.1 Å². The summed E-state index contributed by atoms with van der Waals surface area (Å²) in [5.41, 5.74) is 0.389. The third kappa shape index (κ3) is 4.61. The fraction of sp³-hybridized carbons (Fsp3) is 0.273. The predicted molar refractivity (Wildman–Crippen MR) is 112 cm³/mol. The summed E-state index contributed by atoms with van der Waals surface area (Å²) in [5.74, 6) is -2.54. The maximum atomic E-state index is 13.3. The number of ketones is 1. The molecule has 0 radical (unpaired) electrons. The van der Waals surface area contributed by atoms with Crippen LogP contribution >= 0.6 is 0 Å². The SMILES string of the molecule is CN(C)CCCN1C(=O)C(=O)/C(=C(/O)c2ccc(F)cc2)[C@H]1c1ccc([N+](=O)[O-])cc1. The summed E-state index contributed by atoms with van der Waals surface area (Å²) in [6.45, 7) is 0.929. The van der Waals surface area contributed by atoms with Crippen molar-refractivity contribution in [2.45, 2.75) is 12.5 Å². The molecule has 162 valence electrons. The Labute approximate surface area is 178 Å². The van der Waals surface area contributed by atoms with E-state index >= 15 is 0 Å². The van der Waals surface area contributed by atoms with Gasteiger partial charge in [0.25, 0.3) is 17.4 Å². The first kappa shape index (κ1) is 22.1. The lowest BCUT2D eigenvalue weighted by Gasteiger charge is -2.25. The highest BCUT2D eigenvalue weighted by Crippen LogP contribution is 2.39. The molecular weight excluding hydrogens is 405 g/mol. The van der Waals surface area contributed by atoms with Gasteiger partial charge in [0, 0.05) is 24.2 Å². The Morgan fingerprint density at radius 3 is 2.29 bits per heavy atom. The molecule has 1 atom stereocenters. The number of likely N-dealkylation sites (tertiary alicyclic amines) is 1. The van der Waals surface area contributed by atoms with Crippen molar-refractivity contribution in [1.29, 1.82) is 0 Å². The molecule has 1 aliphatic heterocycles. The zero-order valence-electron chi connectivity index (χ0n) is 17.1. The Hall–Kier alpha value is -3.59. The van der Waals surface area contributed by atoms with Crippen LogP contribution in [0.3, 0.4) is 0 Å². The Morgan fingerprint density at radius 2 is 1.74 bits per heavy atom. The molecule has 1 N–H and O–H groups in total. The molecule has 1 fully saturated rings.